The molecule has 3 aromatic heterocycles. The molecule has 3 nitrogen and oxygen atoms in total. The van der Waals surface area contributed by atoms with Crippen LogP contribution in [0.3, 0.4) is 0 Å². The Hall–Kier alpha value is -6.06. The summed E-state index contributed by atoms with van der Waals surface area (Å²) in [6.07, 6.45) is 0. The van der Waals surface area contributed by atoms with Crippen LogP contribution >= 0.6 is 0 Å². The molecule has 0 aliphatic heterocycles. The number of para-hydroxylation sites is 4. The molecule has 0 aliphatic carbocycles. The van der Waals surface area contributed by atoms with Crippen LogP contribution in [0, 0.1) is 0 Å². The summed E-state index contributed by atoms with van der Waals surface area (Å²) < 4.78 is 11.2. The third kappa shape index (κ3) is 3.46. The number of hydrogen-bond acceptors (Lipinski definition) is 1. The number of furan rings is 1. The molecule has 0 unspecified atom stereocenters. The summed E-state index contributed by atoms with van der Waals surface area (Å²) in [6, 6.07) is 56.5. The second-order valence-corrected chi connectivity index (χ2v) is 11.8. The number of nitrogens with zero attached hydrogens (tertiary/aromatic N) is 2. The first kappa shape index (κ1) is 24.4. The van der Waals surface area contributed by atoms with Crippen molar-refractivity contribution in [3.63, 3.8) is 0 Å². The van der Waals surface area contributed by atoms with Crippen LogP contribution in [-0.2, 0) is 0 Å². The van der Waals surface area contributed by atoms with Crippen molar-refractivity contribution in [2.75, 3.05) is 0 Å². The van der Waals surface area contributed by atoms with Gasteiger partial charge >= 0.3 is 0 Å². The summed E-state index contributed by atoms with van der Waals surface area (Å²) in [7, 11) is 0. The normalized spacial score (nSPS) is 12.0. The summed E-state index contributed by atoms with van der Waals surface area (Å²) in [5, 5.41) is 7.15. The van der Waals surface area contributed by atoms with Crippen molar-refractivity contribution in [1.29, 1.82) is 0 Å². The number of fused-ring (bicyclic) bond motifs is 10. The lowest BCUT2D eigenvalue weighted by Gasteiger charge is -2.11. The Balaban J connectivity index is 1.19. The first-order chi connectivity index (χ1) is 22.3. The molecule has 10 aromatic rings. The molecule has 3 heterocycles. The van der Waals surface area contributed by atoms with Gasteiger partial charge in [0, 0.05) is 38.3 Å². The van der Waals surface area contributed by atoms with Gasteiger partial charge in [-0.05, 0) is 77.9 Å². The Labute approximate surface area is 258 Å². The van der Waals surface area contributed by atoms with E-state index in [1.54, 1.807) is 0 Å². The second kappa shape index (κ2) is 9.22. The first-order valence-electron chi connectivity index (χ1n) is 15.4. The quantitative estimate of drug-likeness (QED) is 0.206. The van der Waals surface area contributed by atoms with Gasteiger partial charge in [0.1, 0.15) is 11.2 Å². The molecule has 10 rings (SSSR count). The molecule has 0 radical (unpaired) electrons. The van der Waals surface area contributed by atoms with E-state index in [-0.39, 0.29) is 0 Å². The average Bonchev–Trinajstić information content (AvgIpc) is 3.76. The highest BCUT2D eigenvalue weighted by atomic mass is 16.3. The zero-order chi connectivity index (χ0) is 29.5. The fraction of sp³-hybridized carbons (Fsp3) is 0. The fourth-order valence-corrected chi connectivity index (χ4v) is 7.35. The topological polar surface area (TPSA) is 23.0 Å². The third-order valence-electron chi connectivity index (χ3n) is 9.30. The zero-order valence-electron chi connectivity index (χ0n) is 24.3. The SMILES string of the molecule is c1ccc(-n2c3ccccc3c3cc(-c4cccc(-n5c6ccccc6c6c7oc8ccccc8c7ccc65)c4)ccc32)cc1. The van der Waals surface area contributed by atoms with Crippen LogP contribution in [0.2, 0.25) is 0 Å². The molecular formula is C42H26N2O. The summed E-state index contributed by atoms with van der Waals surface area (Å²) in [5.41, 5.74) is 11.3. The van der Waals surface area contributed by atoms with Crippen LogP contribution in [0.25, 0.3) is 88.1 Å². The maximum Gasteiger partial charge on any atom is 0.145 e. The molecule has 45 heavy (non-hydrogen) atoms. The molecular weight excluding hydrogens is 548 g/mol. The Morgan fingerprint density at radius 3 is 1.84 bits per heavy atom. The molecule has 0 saturated carbocycles. The Morgan fingerprint density at radius 1 is 0.356 bits per heavy atom. The summed E-state index contributed by atoms with van der Waals surface area (Å²) in [4.78, 5) is 0. The highest BCUT2D eigenvalue weighted by molar-refractivity contribution is 6.23. The molecule has 0 bridgehead atoms. The molecule has 0 atom stereocenters. The number of benzene rings is 7. The minimum absolute atomic E-state index is 0.919. The van der Waals surface area contributed by atoms with Crippen LogP contribution in [0.5, 0.6) is 0 Å². The summed E-state index contributed by atoms with van der Waals surface area (Å²) >= 11 is 0. The van der Waals surface area contributed by atoms with Gasteiger partial charge < -0.3 is 13.6 Å². The summed E-state index contributed by atoms with van der Waals surface area (Å²) in [6.45, 7) is 0. The standard InChI is InChI=1S/C42H26N2O/c1-2-12-29(13-3-1)43-36-18-7-4-15-31(36)35-26-28(21-23-38(35)43)27-11-10-14-30(25-27)44-37-19-8-5-17-34(37)41-39(44)24-22-33-32-16-6-9-20-40(32)45-42(33)41/h1-26H. The molecule has 0 saturated heterocycles. The molecule has 0 aliphatic rings. The van der Waals surface area contributed by atoms with E-state index in [2.05, 4.69) is 161 Å². The van der Waals surface area contributed by atoms with E-state index in [9.17, 15) is 0 Å². The van der Waals surface area contributed by atoms with Crippen molar-refractivity contribution in [2.24, 2.45) is 0 Å². The van der Waals surface area contributed by atoms with E-state index in [4.69, 9.17) is 4.42 Å². The highest BCUT2D eigenvalue weighted by Gasteiger charge is 2.19. The van der Waals surface area contributed by atoms with Gasteiger partial charge in [0.2, 0.25) is 0 Å². The van der Waals surface area contributed by atoms with Gasteiger partial charge in [0.15, 0.2) is 0 Å². The van der Waals surface area contributed by atoms with E-state index in [0.29, 0.717) is 0 Å². The van der Waals surface area contributed by atoms with E-state index in [0.717, 1.165) is 38.5 Å². The van der Waals surface area contributed by atoms with Gasteiger partial charge in [-0.1, -0.05) is 91.0 Å². The predicted octanol–water partition coefficient (Wildman–Crippen LogP) is 11.4. The van der Waals surface area contributed by atoms with Gasteiger partial charge in [-0.25, -0.2) is 0 Å². The smallest absolute Gasteiger partial charge is 0.145 e. The molecule has 0 N–H and O–H groups in total. The minimum atomic E-state index is 0.919. The molecule has 0 amide bonds. The lowest BCUT2D eigenvalue weighted by molar-refractivity contribution is 0.673. The third-order valence-corrected chi connectivity index (χ3v) is 9.30. The van der Waals surface area contributed by atoms with Gasteiger partial charge in [-0.2, -0.15) is 0 Å². The summed E-state index contributed by atoms with van der Waals surface area (Å²) in [5.74, 6) is 0. The van der Waals surface area contributed by atoms with Crippen molar-refractivity contribution < 1.29 is 4.42 Å². The molecule has 3 heteroatoms. The monoisotopic (exact) mass is 574 g/mol. The van der Waals surface area contributed by atoms with Crippen LogP contribution < -0.4 is 0 Å². The van der Waals surface area contributed by atoms with Crippen LogP contribution in [0.1, 0.15) is 0 Å². The lowest BCUT2D eigenvalue weighted by Crippen LogP contribution is -1.94. The largest absolute Gasteiger partial charge is 0.455 e. The Bertz CT molecular complexity index is 2760. The van der Waals surface area contributed by atoms with E-state index in [1.807, 2.05) is 6.07 Å². The molecule has 0 fully saturated rings. The van der Waals surface area contributed by atoms with Crippen molar-refractivity contribution >= 4 is 65.6 Å². The molecule has 210 valence electrons. The van der Waals surface area contributed by atoms with Gasteiger partial charge in [0.05, 0.1) is 27.5 Å². The molecule has 0 spiro atoms. The zero-order valence-corrected chi connectivity index (χ0v) is 24.3. The highest BCUT2D eigenvalue weighted by Crippen LogP contribution is 2.41. The fourth-order valence-electron chi connectivity index (χ4n) is 7.35. The van der Waals surface area contributed by atoms with E-state index < -0.39 is 0 Å². The van der Waals surface area contributed by atoms with Crippen molar-refractivity contribution in [3.8, 4) is 22.5 Å². The van der Waals surface area contributed by atoms with Crippen molar-refractivity contribution in [2.45, 2.75) is 0 Å². The van der Waals surface area contributed by atoms with Crippen LogP contribution in [0.15, 0.2) is 162 Å². The number of rotatable bonds is 3. The van der Waals surface area contributed by atoms with Gasteiger partial charge in [-0.15, -0.1) is 0 Å². The minimum Gasteiger partial charge on any atom is -0.455 e. The Kier molecular flexibility index (Phi) is 5.00. The second-order valence-electron chi connectivity index (χ2n) is 11.8. The van der Waals surface area contributed by atoms with Crippen molar-refractivity contribution in [3.05, 3.63) is 158 Å². The number of aromatic nitrogens is 2. The first-order valence-corrected chi connectivity index (χ1v) is 15.4. The Morgan fingerprint density at radius 2 is 0.978 bits per heavy atom. The van der Waals surface area contributed by atoms with Gasteiger partial charge in [0.25, 0.3) is 0 Å². The van der Waals surface area contributed by atoms with Crippen LogP contribution in [-0.4, -0.2) is 9.13 Å². The molecule has 7 aromatic carbocycles. The van der Waals surface area contributed by atoms with E-state index >= 15 is 0 Å². The van der Waals surface area contributed by atoms with E-state index in [1.165, 1.54) is 49.5 Å². The maximum absolute atomic E-state index is 6.51. The van der Waals surface area contributed by atoms with Gasteiger partial charge in [-0.3, -0.25) is 0 Å². The van der Waals surface area contributed by atoms with Crippen LogP contribution in [0.4, 0.5) is 0 Å². The number of hydrogen-bond donors (Lipinski definition) is 0. The average molecular weight is 575 g/mol. The lowest BCUT2D eigenvalue weighted by atomic mass is 10.0. The predicted molar refractivity (Wildman–Crippen MR) is 188 cm³/mol. The maximum atomic E-state index is 6.51. The van der Waals surface area contributed by atoms with Crippen molar-refractivity contribution in [1.82, 2.24) is 9.13 Å².